The fraction of sp³-hybridized carbons (Fsp3) is 0.500. The second-order valence-electron chi connectivity index (χ2n) is 4.12. The molecule has 0 fully saturated rings. The lowest BCUT2D eigenvalue weighted by molar-refractivity contribution is 0.297. The molecule has 0 saturated heterocycles. The molecule has 0 aliphatic carbocycles. The van der Waals surface area contributed by atoms with Crippen LogP contribution in [0.2, 0.25) is 5.02 Å². The highest BCUT2D eigenvalue weighted by atomic mass is 35.5. The zero-order chi connectivity index (χ0) is 11.0. The molecule has 3 rings (SSSR count). The summed E-state index contributed by atoms with van der Waals surface area (Å²) in [4.78, 5) is 0. The predicted octanol–water partition coefficient (Wildman–Crippen LogP) is 2.86. The molecule has 16 heavy (non-hydrogen) atoms. The monoisotopic (exact) mass is 239 g/mol. The number of hydrogen-bond acceptors (Lipinski definition) is 3. The molecule has 0 bridgehead atoms. The van der Waals surface area contributed by atoms with E-state index in [4.69, 9.17) is 21.1 Å². The van der Waals surface area contributed by atoms with Crippen molar-refractivity contribution >= 4 is 17.3 Å². The maximum Gasteiger partial charge on any atom is 0.180 e. The van der Waals surface area contributed by atoms with Gasteiger partial charge in [0.2, 0.25) is 0 Å². The lowest BCUT2D eigenvalue weighted by atomic mass is 10.0. The van der Waals surface area contributed by atoms with Crippen LogP contribution >= 0.6 is 11.6 Å². The Morgan fingerprint density at radius 3 is 3.00 bits per heavy atom. The molecule has 0 saturated carbocycles. The van der Waals surface area contributed by atoms with Gasteiger partial charge in [0.1, 0.15) is 0 Å². The average Bonchev–Trinajstić information content (AvgIpc) is 2.55. The first-order chi connectivity index (χ1) is 7.86. The summed E-state index contributed by atoms with van der Waals surface area (Å²) in [6.07, 6.45) is 3.03. The number of fused-ring (bicyclic) bond motifs is 2. The van der Waals surface area contributed by atoms with Crippen molar-refractivity contribution in [3.8, 4) is 11.5 Å². The molecule has 0 unspecified atom stereocenters. The van der Waals surface area contributed by atoms with Crippen molar-refractivity contribution in [3.63, 3.8) is 0 Å². The van der Waals surface area contributed by atoms with E-state index in [2.05, 4.69) is 5.32 Å². The van der Waals surface area contributed by atoms with Gasteiger partial charge in [-0.15, -0.1) is 0 Å². The molecule has 86 valence electrons. The molecular weight excluding hydrogens is 226 g/mol. The molecule has 1 N–H and O–H groups in total. The first-order valence-corrected chi connectivity index (χ1v) is 6.09. The minimum atomic E-state index is 0.679. The number of rotatable bonds is 0. The first-order valence-electron chi connectivity index (χ1n) is 5.71. The van der Waals surface area contributed by atoms with Crippen LogP contribution in [0, 0.1) is 0 Å². The Morgan fingerprint density at radius 2 is 2.06 bits per heavy atom. The molecule has 0 spiro atoms. The van der Waals surface area contributed by atoms with Gasteiger partial charge in [0.15, 0.2) is 11.5 Å². The summed E-state index contributed by atoms with van der Waals surface area (Å²) in [7, 11) is 0. The number of benzene rings is 1. The summed E-state index contributed by atoms with van der Waals surface area (Å²) < 4.78 is 11.3. The zero-order valence-electron chi connectivity index (χ0n) is 9.01. The van der Waals surface area contributed by atoms with E-state index in [1.54, 1.807) is 0 Å². The minimum Gasteiger partial charge on any atom is -0.489 e. The SMILES string of the molecule is Clc1c2c(cc3c1OCCCO3)NCCC2. The van der Waals surface area contributed by atoms with Gasteiger partial charge < -0.3 is 14.8 Å². The highest BCUT2D eigenvalue weighted by Gasteiger charge is 2.22. The van der Waals surface area contributed by atoms with Crippen LogP contribution in [0.5, 0.6) is 11.5 Å². The lowest BCUT2D eigenvalue weighted by Gasteiger charge is -2.22. The molecule has 2 heterocycles. The molecule has 0 atom stereocenters. The third kappa shape index (κ3) is 1.59. The second-order valence-corrected chi connectivity index (χ2v) is 4.50. The number of halogens is 1. The summed E-state index contributed by atoms with van der Waals surface area (Å²) >= 11 is 6.37. The molecule has 0 amide bonds. The Balaban J connectivity index is 2.12. The molecule has 0 aromatic heterocycles. The Hall–Kier alpha value is -1.09. The van der Waals surface area contributed by atoms with Crippen LogP contribution in [0.3, 0.4) is 0 Å². The van der Waals surface area contributed by atoms with Crippen LogP contribution in [0.4, 0.5) is 5.69 Å². The zero-order valence-corrected chi connectivity index (χ0v) is 9.77. The minimum absolute atomic E-state index is 0.679. The van der Waals surface area contributed by atoms with Crippen LogP contribution < -0.4 is 14.8 Å². The fourth-order valence-electron chi connectivity index (χ4n) is 2.19. The average molecular weight is 240 g/mol. The van der Waals surface area contributed by atoms with Crippen LogP contribution in [0.25, 0.3) is 0 Å². The largest absolute Gasteiger partial charge is 0.489 e. The van der Waals surface area contributed by atoms with Crippen molar-refractivity contribution in [3.05, 3.63) is 16.7 Å². The van der Waals surface area contributed by atoms with Gasteiger partial charge >= 0.3 is 0 Å². The number of ether oxygens (including phenoxy) is 2. The van der Waals surface area contributed by atoms with E-state index in [0.717, 1.165) is 53.6 Å². The van der Waals surface area contributed by atoms with Crippen LogP contribution in [0.15, 0.2) is 6.07 Å². The van der Waals surface area contributed by atoms with Crippen molar-refractivity contribution in [1.82, 2.24) is 0 Å². The number of nitrogens with one attached hydrogen (secondary N) is 1. The number of hydrogen-bond donors (Lipinski definition) is 1. The molecule has 4 heteroatoms. The number of anilines is 1. The van der Waals surface area contributed by atoms with Gasteiger partial charge in [-0.2, -0.15) is 0 Å². The Morgan fingerprint density at radius 1 is 1.19 bits per heavy atom. The van der Waals surface area contributed by atoms with Gasteiger partial charge in [0.25, 0.3) is 0 Å². The summed E-state index contributed by atoms with van der Waals surface area (Å²) in [5.74, 6) is 1.50. The van der Waals surface area contributed by atoms with Gasteiger partial charge in [-0.05, 0) is 18.4 Å². The first kappa shape index (κ1) is 10.1. The van der Waals surface area contributed by atoms with Crippen molar-refractivity contribution < 1.29 is 9.47 Å². The summed E-state index contributed by atoms with van der Waals surface area (Å²) in [5, 5.41) is 4.08. The summed E-state index contributed by atoms with van der Waals surface area (Å²) in [6.45, 7) is 2.38. The van der Waals surface area contributed by atoms with E-state index in [1.165, 1.54) is 0 Å². The smallest absolute Gasteiger partial charge is 0.180 e. The molecule has 1 aromatic rings. The Bertz CT molecular complexity index is 420. The predicted molar refractivity (Wildman–Crippen MR) is 63.9 cm³/mol. The van der Waals surface area contributed by atoms with E-state index < -0.39 is 0 Å². The Labute approximate surface area is 99.7 Å². The highest BCUT2D eigenvalue weighted by molar-refractivity contribution is 6.33. The topological polar surface area (TPSA) is 30.5 Å². The van der Waals surface area contributed by atoms with E-state index in [0.29, 0.717) is 13.2 Å². The lowest BCUT2D eigenvalue weighted by Crippen LogP contribution is -2.12. The van der Waals surface area contributed by atoms with Gasteiger partial charge in [0, 0.05) is 24.7 Å². The fourth-order valence-corrected chi connectivity index (χ4v) is 2.54. The van der Waals surface area contributed by atoms with Crippen LogP contribution in [-0.4, -0.2) is 19.8 Å². The molecule has 1 aromatic carbocycles. The van der Waals surface area contributed by atoms with Crippen molar-refractivity contribution in [2.24, 2.45) is 0 Å². The standard InChI is InChI=1S/C12H14ClNO2/c13-11-8-3-1-4-14-9(8)7-10-12(11)16-6-2-5-15-10/h7,14H,1-6H2. The third-order valence-electron chi connectivity index (χ3n) is 3.00. The molecule has 2 aliphatic heterocycles. The van der Waals surface area contributed by atoms with E-state index >= 15 is 0 Å². The van der Waals surface area contributed by atoms with Gasteiger partial charge in [0.05, 0.1) is 18.2 Å². The highest BCUT2D eigenvalue weighted by Crippen LogP contribution is 2.44. The van der Waals surface area contributed by atoms with Gasteiger partial charge in [-0.3, -0.25) is 0 Å². The third-order valence-corrected chi connectivity index (χ3v) is 3.40. The van der Waals surface area contributed by atoms with E-state index in [9.17, 15) is 0 Å². The van der Waals surface area contributed by atoms with E-state index in [1.807, 2.05) is 6.07 Å². The van der Waals surface area contributed by atoms with Crippen molar-refractivity contribution in [2.75, 3.05) is 25.1 Å². The second kappa shape index (κ2) is 4.06. The van der Waals surface area contributed by atoms with Gasteiger partial charge in [-0.25, -0.2) is 0 Å². The quantitative estimate of drug-likeness (QED) is 0.755. The normalized spacial score (nSPS) is 18.3. The maximum absolute atomic E-state index is 6.37. The summed E-state index contributed by atoms with van der Waals surface area (Å²) in [5.41, 5.74) is 2.26. The van der Waals surface area contributed by atoms with Crippen LogP contribution in [-0.2, 0) is 6.42 Å². The molecular formula is C12H14ClNO2. The molecule has 2 aliphatic rings. The van der Waals surface area contributed by atoms with E-state index in [-0.39, 0.29) is 0 Å². The summed E-state index contributed by atoms with van der Waals surface area (Å²) in [6, 6.07) is 2.01. The Kier molecular flexibility index (Phi) is 2.56. The van der Waals surface area contributed by atoms with Crippen LogP contribution in [0.1, 0.15) is 18.4 Å². The van der Waals surface area contributed by atoms with Crippen molar-refractivity contribution in [2.45, 2.75) is 19.3 Å². The maximum atomic E-state index is 6.37. The molecule has 3 nitrogen and oxygen atoms in total. The van der Waals surface area contributed by atoms with Crippen molar-refractivity contribution in [1.29, 1.82) is 0 Å². The molecule has 0 radical (unpaired) electrons. The van der Waals surface area contributed by atoms with Gasteiger partial charge in [-0.1, -0.05) is 11.6 Å².